The zero-order valence-corrected chi connectivity index (χ0v) is 10.4. The highest BCUT2D eigenvalue weighted by Gasteiger charge is 2.17. The predicted octanol–water partition coefficient (Wildman–Crippen LogP) is 1.66. The number of halogens is 2. The molecule has 19 heavy (non-hydrogen) atoms. The largest absolute Gasteiger partial charge is 0.335 e. The van der Waals surface area contributed by atoms with Crippen LogP contribution in [0.4, 0.5) is 8.78 Å². The number of carbonyl (C=O) groups is 1. The highest BCUT2D eigenvalue weighted by Crippen LogP contribution is 2.11. The summed E-state index contributed by atoms with van der Waals surface area (Å²) in [5, 5.41) is 6.32. The topological polar surface area (TPSA) is 61.9 Å². The van der Waals surface area contributed by atoms with Gasteiger partial charge in [-0.2, -0.15) is 0 Å². The zero-order chi connectivity index (χ0) is 14.0. The normalized spacial score (nSPS) is 10.5. The number of amides is 1. The van der Waals surface area contributed by atoms with E-state index in [-0.39, 0.29) is 12.4 Å². The second-order valence-electron chi connectivity index (χ2n) is 4.15. The lowest BCUT2D eigenvalue weighted by Gasteiger charge is -2.15. The van der Waals surface area contributed by atoms with Crippen molar-refractivity contribution in [1.29, 1.82) is 0 Å². The molecule has 100 valence electrons. The molecule has 1 aromatic heterocycles. The minimum absolute atomic E-state index is 0.0441. The number of nitrogens with one attached hydrogen (secondary N) is 1. The Morgan fingerprint density at radius 3 is 2.68 bits per heavy atom. The molecule has 0 saturated carbocycles. The number of benzene rings is 1. The van der Waals surface area contributed by atoms with E-state index in [9.17, 15) is 13.6 Å². The van der Waals surface area contributed by atoms with Crippen LogP contribution in [0.2, 0.25) is 0 Å². The first-order valence-electron chi connectivity index (χ1n) is 5.56. The SMILES string of the molecule is Cc1nc(C(=O)N(C)Cc2ccc(F)c(F)c2)n[nH]1. The second kappa shape index (κ2) is 5.13. The van der Waals surface area contributed by atoms with E-state index in [1.165, 1.54) is 18.0 Å². The molecule has 0 spiro atoms. The van der Waals surface area contributed by atoms with Gasteiger partial charge in [0, 0.05) is 13.6 Å². The van der Waals surface area contributed by atoms with Gasteiger partial charge in [-0.05, 0) is 24.6 Å². The van der Waals surface area contributed by atoms with Crippen LogP contribution < -0.4 is 0 Å². The van der Waals surface area contributed by atoms with Gasteiger partial charge in [0.1, 0.15) is 5.82 Å². The molecular weight excluding hydrogens is 254 g/mol. The van der Waals surface area contributed by atoms with Gasteiger partial charge in [-0.25, -0.2) is 13.8 Å². The maximum absolute atomic E-state index is 13.0. The number of rotatable bonds is 3. The van der Waals surface area contributed by atoms with Crippen LogP contribution >= 0.6 is 0 Å². The first-order chi connectivity index (χ1) is 8.97. The minimum Gasteiger partial charge on any atom is -0.335 e. The van der Waals surface area contributed by atoms with E-state index in [1.807, 2.05) is 0 Å². The lowest BCUT2D eigenvalue weighted by atomic mass is 10.2. The third kappa shape index (κ3) is 2.93. The summed E-state index contributed by atoms with van der Waals surface area (Å²) in [5.74, 6) is -1.67. The molecule has 0 bridgehead atoms. The molecule has 5 nitrogen and oxygen atoms in total. The Balaban J connectivity index is 2.10. The fourth-order valence-electron chi connectivity index (χ4n) is 1.59. The summed E-state index contributed by atoms with van der Waals surface area (Å²) in [6.07, 6.45) is 0. The number of aryl methyl sites for hydroxylation is 1. The summed E-state index contributed by atoms with van der Waals surface area (Å²) in [4.78, 5) is 17.2. The molecule has 2 rings (SSSR count). The van der Waals surface area contributed by atoms with Gasteiger partial charge in [-0.15, -0.1) is 5.10 Å². The van der Waals surface area contributed by atoms with Crippen molar-refractivity contribution in [2.75, 3.05) is 7.05 Å². The van der Waals surface area contributed by atoms with Crippen molar-refractivity contribution in [2.45, 2.75) is 13.5 Å². The Morgan fingerprint density at radius 2 is 2.11 bits per heavy atom. The van der Waals surface area contributed by atoms with Crippen molar-refractivity contribution < 1.29 is 13.6 Å². The third-order valence-electron chi connectivity index (χ3n) is 2.54. The molecule has 1 aromatic carbocycles. The van der Waals surface area contributed by atoms with Crippen LogP contribution in [-0.2, 0) is 6.54 Å². The molecule has 0 unspecified atom stereocenters. The standard InChI is InChI=1S/C12H12F2N4O/c1-7-15-11(17-16-7)12(19)18(2)6-8-3-4-9(13)10(14)5-8/h3-5H,6H2,1-2H3,(H,15,16,17). The van der Waals surface area contributed by atoms with E-state index in [0.717, 1.165) is 12.1 Å². The summed E-state index contributed by atoms with van der Waals surface area (Å²) in [7, 11) is 1.54. The molecule has 0 fully saturated rings. The number of aromatic nitrogens is 3. The van der Waals surface area contributed by atoms with Crippen LogP contribution in [0.5, 0.6) is 0 Å². The fraction of sp³-hybridized carbons (Fsp3) is 0.250. The molecule has 1 N–H and O–H groups in total. The zero-order valence-electron chi connectivity index (χ0n) is 10.4. The number of carbonyl (C=O) groups excluding carboxylic acids is 1. The summed E-state index contributed by atoms with van der Waals surface area (Å²) in [5.41, 5.74) is 0.488. The monoisotopic (exact) mass is 266 g/mol. The molecule has 0 radical (unpaired) electrons. The van der Waals surface area contributed by atoms with Crippen LogP contribution in [-0.4, -0.2) is 33.0 Å². The fourth-order valence-corrected chi connectivity index (χ4v) is 1.59. The Kier molecular flexibility index (Phi) is 3.55. The van der Waals surface area contributed by atoms with Crippen molar-refractivity contribution in [3.63, 3.8) is 0 Å². The van der Waals surface area contributed by atoms with Gasteiger partial charge < -0.3 is 4.90 Å². The van der Waals surface area contributed by atoms with Gasteiger partial charge in [-0.3, -0.25) is 9.89 Å². The number of aromatic amines is 1. The second-order valence-corrected chi connectivity index (χ2v) is 4.15. The quantitative estimate of drug-likeness (QED) is 0.919. The molecule has 0 aliphatic heterocycles. The summed E-state index contributed by atoms with van der Waals surface area (Å²) >= 11 is 0. The molecule has 0 aliphatic rings. The summed E-state index contributed by atoms with van der Waals surface area (Å²) in [6.45, 7) is 1.82. The van der Waals surface area contributed by atoms with Gasteiger partial charge in [0.2, 0.25) is 5.82 Å². The third-order valence-corrected chi connectivity index (χ3v) is 2.54. The van der Waals surface area contributed by atoms with Gasteiger partial charge in [0.05, 0.1) is 0 Å². The van der Waals surface area contributed by atoms with Crippen molar-refractivity contribution in [3.8, 4) is 0 Å². The molecule has 1 heterocycles. The first kappa shape index (κ1) is 13.1. The molecule has 0 saturated heterocycles. The van der Waals surface area contributed by atoms with E-state index in [0.29, 0.717) is 11.4 Å². The molecule has 0 atom stereocenters. The van der Waals surface area contributed by atoms with Crippen LogP contribution in [0.25, 0.3) is 0 Å². The van der Waals surface area contributed by atoms with E-state index >= 15 is 0 Å². The Bertz CT molecular complexity index is 612. The van der Waals surface area contributed by atoms with Gasteiger partial charge in [0.25, 0.3) is 5.91 Å². The summed E-state index contributed by atoms with van der Waals surface area (Å²) in [6, 6.07) is 3.51. The van der Waals surface area contributed by atoms with Gasteiger partial charge in [0.15, 0.2) is 11.6 Å². The molecular formula is C12H12F2N4O. The maximum Gasteiger partial charge on any atom is 0.293 e. The van der Waals surface area contributed by atoms with Crippen molar-refractivity contribution in [3.05, 3.63) is 47.0 Å². The highest BCUT2D eigenvalue weighted by molar-refractivity contribution is 5.90. The van der Waals surface area contributed by atoms with Crippen molar-refractivity contribution in [1.82, 2.24) is 20.1 Å². The van der Waals surface area contributed by atoms with E-state index in [2.05, 4.69) is 15.2 Å². The van der Waals surface area contributed by atoms with Gasteiger partial charge >= 0.3 is 0 Å². The maximum atomic E-state index is 13.0. The predicted molar refractivity (Wildman–Crippen MR) is 63.3 cm³/mol. The van der Waals surface area contributed by atoms with E-state index in [1.54, 1.807) is 6.92 Å². The smallest absolute Gasteiger partial charge is 0.293 e. The van der Waals surface area contributed by atoms with E-state index < -0.39 is 17.5 Å². The molecule has 2 aromatic rings. The molecule has 1 amide bonds. The van der Waals surface area contributed by atoms with Gasteiger partial charge in [-0.1, -0.05) is 6.07 Å². The Morgan fingerprint density at radius 1 is 1.37 bits per heavy atom. The average Bonchev–Trinajstić information content (AvgIpc) is 2.79. The van der Waals surface area contributed by atoms with E-state index in [4.69, 9.17) is 0 Å². The van der Waals surface area contributed by atoms with Crippen LogP contribution in [0, 0.1) is 18.6 Å². The van der Waals surface area contributed by atoms with Crippen LogP contribution in [0.15, 0.2) is 18.2 Å². The lowest BCUT2D eigenvalue weighted by Crippen LogP contribution is -2.27. The average molecular weight is 266 g/mol. The lowest BCUT2D eigenvalue weighted by molar-refractivity contribution is 0.0773. The minimum atomic E-state index is -0.938. The number of H-pyrrole nitrogens is 1. The van der Waals surface area contributed by atoms with Crippen molar-refractivity contribution >= 4 is 5.91 Å². The van der Waals surface area contributed by atoms with Crippen LogP contribution in [0.3, 0.4) is 0 Å². The van der Waals surface area contributed by atoms with Crippen LogP contribution in [0.1, 0.15) is 22.0 Å². The number of nitrogens with zero attached hydrogens (tertiary/aromatic N) is 3. The highest BCUT2D eigenvalue weighted by atomic mass is 19.2. The number of hydrogen-bond donors (Lipinski definition) is 1. The molecule has 0 aliphatic carbocycles. The summed E-state index contributed by atoms with van der Waals surface area (Å²) < 4.78 is 25.8. The first-order valence-corrected chi connectivity index (χ1v) is 5.56. The number of hydrogen-bond acceptors (Lipinski definition) is 3. The Hall–Kier alpha value is -2.31. The Labute approximate surface area is 108 Å². The molecule has 7 heteroatoms. The van der Waals surface area contributed by atoms with Crippen molar-refractivity contribution in [2.24, 2.45) is 0 Å².